The number of piperidine rings is 1. The van der Waals surface area contributed by atoms with Crippen molar-refractivity contribution in [2.75, 3.05) is 26.2 Å². The number of nitrogens with zero attached hydrogens (tertiary/aromatic N) is 1. The number of nitrogens with one attached hydrogen (secondary N) is 2. The number of carbonyl (C=O) groups is 2. The topological polar surface area (TPSA) is 61.4 Å². The molecule has 2 N–H and O–H groups in total. The minimum Gasteiger partial charge on any atom is -0.353 e. The van der Waals surface area contributed by atoms with Crippen molar-refractivity contribution in [1.29, 1.82) is 0 Å². The number of hydrogen-bond donors (Lipinski definition) is 2. The monoisotopic (exact) mass is 393 g/mol. The van der Waals surface area contributed by atoms with E-state index in [2.05, 4.69) is 29.4 Å². The van der Waals surface area contributed by atoms with Crippen molar-refractivity contribution in [2.45, 2.75) is 38.6 Å². The van der Waals surface area contributed by atoms with Crippen molar-refractivity contribution < 1.29 is 9.59 Å². The van der Waals surface area contributed by atoms with Crippen LogP contribution in [0.5, 0.6) is 0 Å². The van der Waals surface area contributed by atoms with Crippen molar-refractivity contribution in [1.82, 2.24) is 15.5 Å². The van der Waals surface area contributed by atoms with Crippen LogP contribution in [-0.4, -0.2) is 48.4 Å². The Morgan fingerprint density at radius 2 is 1.48 bits per heavy atom. The molecule has 3 rings (SSSR count). The highest BCUT2D eigenvalue weighted by Crippen LogP contribution is 2.20. The molecule has 1 heterocycles. The second-order valence-electron chi connectivity index (χ2n) is 8.26. The third-order valence-electron chi connectivity index (χ3n) is 5.59. The van der Waals surface area contributed by atoms with Crippen LogP contribution in [0.25, 0.3) is 11.1 Å². The lowest BCUT2D eigenvalue weighted by Gasteiger charge is -2.41. The van der Waals surface area contributed by atoms with Gasteiger partial charge in [-0.1, -0.05) is 48.9 Å². The highest BCUT2D eigenvalue weighted by Gasteiger charge is 2.28. The molecule has 154 valence electrons. The highest BCUT2D eigenvalue weighted by atomic mass is 16.2. The first-order valence-corrected chi connectivity index (χ1v) is 10.4. The number of rotatable bonds is 7. The van der Waals surface area contributed by atoms with Gasteiger partial charge in [0.2, 0.25) is 5.91 Å². The predicted octanol–water partition coefficient (Wildman–Crippen LogP) is 3.46. The number of hydrogen-bond acceptors (Lipinski definition) is 3. The fraction of sp³-hybridized carbons (Fsp3) is 0.417. The van der Waals surface area contributed by atoms with Gasteiger partial charge in [0.15, 0.2) is 0 Å². The number of benzene rings is 2. The molecule has 1 fully saturated rings. The predicted molar refractivity (Wildman–Crippen MR) is 117 cm³/mol. The normalized spacial score (nSPS) is 15.0. The van der Waals surface area contributed by atoms with E-state index in [9.17, 15) is 9.59 Å². The molecule has 1 aliphatic rings. The Balaban J connectivity index is 1.45. The van der Waals surface area contributed by atoms with Crippen LogP contribution in [0.4, 0.5) is 0 Å². The molecule has 0 radical (unpaired) electrons. The number of carbonyl (C=O) groups excluding carboxylic acids is 2. The summed E-state index contributed by atoms with van der Waals surface area (Å²) in [7, 11) is 0. The Labute approximate surface area is 173 Å². The molecule has 0 spiro atoms. The lowest BCUT2D eigenvalue weighted by Crippen LogP contribution is -2.54. The number of likely N-dealkylation sites (tertiary alicyclic amines) is 1. The van der Waals surface area contributed by atoms with Gasteiger partial charge in [0.1, 0.15) is 0 Å². The van der Waals surface area contributed by atoms with Gasteiger partial charge >= 0.3 is 0 Å². The minimum absolute atomic E-state index is 0.0185. The molecule has 0 aliphatic carbocycles. The third-order valence-corrected chi connectivity index (χ3v) is 5.59. The van der Waals surface area contributed by atoms with Crippen LogP contribution in [0.15, 0.2) is 54.6 Å². The molecule has 1 aliphatic heterocycles. The van der Waals surface area contributed by atoms with Gasteiger partial charge in [-0.05, 0) is 63.0 Å². The van der Waals surface area contributed by atoms with Gasteiger partial charge in [0, 0.05) is 17.6 Å². The molecule has 5 heteroatoms. The zero-order chi connectivity index (χ0) is 20.7. The Hall–Kier alpha value is -2.66. The van der Waals surface area contributed by atoms with Crippen LogP contribution in [0.2, 0.25) is 0 Å². The van der Waals surface area contributed by atoms with E-state index < -0.39 is 0 Å². The van der Waals surface area contributed by atoms with E-state index in [4.69, 9.17) is 0 Å². The van der Waals surface area contributed by atoms with Crippen molar-refractivity contribution in [3.05, 3.63) is 60.2 Å². The quantitative estimate of drug-likeness (QED) is 0.757. The Morgan fingerprint density at radius 1 is 0.862 bits per heavy atom. The standard InChI is InChI=1S/C24H31N3O2/c1-24(2,27-15-7-4-8-16-27)18-26-22(28)17-25-23(29)21-13-11-20(12-14-21)19-9-5-3-6-10-19/h3,5-6,9-14H,4,7-8,15-18H2,1-2H3,(H,25,29)(H,26,28). The molecule has 0 unspecified atom stereocenters. The Bertz CT molecular complexity index is 810. The maximum atomic E-state index is 12.3. The summed E-state index contributed by atoms with van der Waals surface area (Å²) in [5, 5.41) is 5.67. The maximum Gasteiger partial charge on any atom is 0.251 e. The van der Waals surface area contributed by atoms with Crippen LogP contribution >= 0.6 is 0 Å². The first-order chi connectivity index (χ1) is 14.0. The smallest absolute Gasteiger partial charge is 0.251 e. The van der Waals surface area contributed by atoms with Crippen LogP contribution in [0.3, 0.4) is 0 Å². The van der Waals surface area contributed by atoms with Gasteiger partial charge in [0.25, 0.3) is 5.91 Å². The van der Waals surface area contributed by atoms with Crippen LogP contribution in [0.1, 0.15) is 43.5 Å². The van der Waals surface area contributed by atoms with Gasteiger partial charge in [-0.25, -0.2) is 0 Å². The van der Waals surface area contributed by atoms with Crippen molar-refractivity contribution in [3.63, 3.8) is 0 Å². The second-order valence-corrected chi connectivity index (χ2v) is 8.26. The molecule has 0 saturated carbocycles. The van der Waals surface area contributed by atoms with Gasteiger partial charge in [-0.2, -0.15) is 0 Å². The van der Waals surface area contributed by atoms with E-state index >= 15 is 0 Å². The summed E-state index contributed by atoms with van der Waals surface area (Å²) in [5.41, 5.74) is 2.63. The Kier molecular flexibility index (Phi) is 7.04. The van der Waals surface area contributed by atoms with Crippen molar-refractivity contribution in [2.24, 2.45) is 0 Å². The van der Waals surface area contributed by atoms with Gasteiger partial charge in [-0.15, -0.1) is 0 Å². The van der Waals surface area contributed by atoms with Gasteiger partial charge < -0.3 is 10.6 Å². The first kappa shape index (κ1) is 21.1. The molecular weight excluding hydrogens is 362 g/mol. The summed E-state index contributed by atoms with van der Waals surface area (Å²) in [6.45, 7) is 7.04. The largest absolute Gasteiger partial charge is 0.353 e. The maximum absolute atomic E-state index is 12.3. The summed E-state index contributed by atoms with van der Waals surface area (Å²) >= 11 is 0. The van der Waals surface area contributed by atoms with Crippen molar-refractivity contribution in [3.8, 4) is 11.1 Å². The second kappa shape index (κ2) is 9.70. The van der Waals surface area contributed by atoms with Gasteiger partial charge in [0.05, 0.1) is 6.54 Å². The number of amides is 2. The zero-order valence-corrected chi connectivity index (χ0v) is 17.4. The molecule has 0 atom stereocenters. The Morgan fingerprint density at radius 3 is 2.14 bits per heavy atom. The molecule has 2 aromatic rings. The fourth-order valence-electron chi connectivity index (χ4n) is 3.70. The van der Waals surface area contributed by atoms with Crippen LogP contribution in [0, 0.1) is 0 Å². The molecule has 0 aromatic heterocycles. The first-order valence-electron chi connectivity index (χ1n) is 10.4. The van der Waals surface area contributed by atoms with E-state index in [-0.39, 0.29) is 23.9 Å². The van der Waals surface area contributed by atoms with E-state index in [1.807, 2.05) is 42.5 Å². The molecule has 2 amide bonds. The van der Waals surface area contributed by atoms with Crippen molar-refractivity contribution >= 4 is 11.8 Å². The lowest BCUT2D eigenvalue weighted by atomic mass is 9.98. The molecular formula is C24H31N3O2. The summed E-state index contributed by atoms with van der Waals surface area (Å²) in [5.74, 6) is -0.403. The van der Waals surface area contributed by atoms with Gasteiger partial charge in [-0.3, -0.25) is 14.5 Å². The third kappa shape index (κ3) is 5.91. The van der Waals surface area contributed by atoms with E-state index in [1.165, 1.54) is 19.3 Å². The minimum atomic E-state index is -0.241. The van der Waals surface area contributed by atoms with E-state index in [0.29, 0.717) is 12.1 Å². The lowest BCUT2D eigenvalue weighted by molar-refractivity contribution is -0.120. The highest BCUT2D eigenvalue weighted by molar-refractivity contribution is 5.96. The molecule has 0 bridgehead atoms. The average Bonchev–Trinajstić information content (AvgIpc) is 2.77. The zero-order valence-electron chi connectivity index (χ0n) is 17.4. The van der Waals surface area contributed by atoms with Crippen LogP contribution < -0.4 is 10.6 Å². The van der Waals surface area contributed by atoms with E-state index in [0.717, 1.165) is 24.2 Å². The van der Waals surface area contributed by atoms with E-state index in [1.54, 1.807) is 12.1 Å². The molecule has 5 nitrogen and oxygen atoms in total. The summed E-state index contributed by atoms with van der Waals surface area (Å²) < 4.78 is 0. The SMILES string of the molecule is CC(C)(CNC(=O)CNC(=O)c1ccc(-c2ccccc2)cc1)N1CCCCC1. The fourth-order valence-corrected chi connectivity index (χ4v) is 3.70. The molecule has 29 heavy (non-hydrogen) atoms. The summed E-state index contributed by atoms with van der Waals surface area (Å²) in [6.07, 6.45) is 3.73. The summed E-state index contributed by atoms with van der Waals surface area (Å²) in [6, 6.07) is 17.4. The molecule has 1 saturated heterocycles. The average molecular weight is 394 g/mol. The summed E-state index contributed by atoms with van der Waals surface area (Å²) in [4.78, 5) is 27.0. The van der Waals surface area contributed by atoms with Crippen LogP contribution in [-0.2, 0) is 4.79 Å². The molecule has 2 aromatic carbocycles.